The highest BCUT2D eigenvalue weighted by Crippen LogP contribution is 2.46. The average molecular weight is 569 g/mol. The fourth-order valence-electron chi connectivity index (χ4n) is 6.78. The van der Waals surface area contributed by atoms with Crippen molar-refractivity contribution in [2.75, 3.05) is 13.7 Å². The van der Waals surface area contributed by atoms with Crippen LogP contribution in [0.2, 0.25) is 0 Å². The number of carbonyl (C=O) groups excluding carboxylic acids is 1. The Morgan fingerprint density at radius 3 is 2.48 bits per heavy atom. The SMILES string of the molecule is COC(=O)CC[C@@H]1C2=C3CC(O)=C4C3=NC(=C4C)C=C3N=C(C=C4N=C(C=C(N2)[C@H]1C)C(C)=C4CO)C(C)=C3C(C)O. The number of esters is 1. The number of nitrogens with one attached hydrogen (secondary N) is 1. The molecule has 0 saturated carbocycles. The van der Waals surface area contributed by atoms with Crippen molar-refractivity contribution in [3.05, 3.63) is 91.5 Å². The molecule has 42 heavy (non-hydrogen) atoms. The highest BCUT2D eigenvalue weighted by Gasteiger charge is 2.41. The Hall–Kier alpha value is -4.08. The predicted octanol–water partition coefficient (Wildman–Crippen LogP) is 4.57. The van der Waals surface area contributed by atoms with E-state index < -0.39 is 6.10 Å². The van der Waals surface area contributed by atoms with E-state index in [1.54, 1.807) is 6.92 Å². The van der Waals surface area contributed by atoms with Gasteiger partial charge in [-0.05, 0) is 69.1 Å². The quantitative estimate of drug-likeness (QED) is 0.359. The summed E-state index contributed by atoms with van der Waals surface area (Å²) in [5.41, 5.74) is 11.5. The molecule has 5 heterocycles. The summed E-state index contributed by atoms with van der Waals surface area (Å²) in [5.74, 6) is -0.0165. The molecule has 9 nitrogen and oxygen atoms in total. The van der Waals surface area contributed by atoms with Gasteiger partial charge in [0.15, 0.2) is 0 Å². The van der Waals surface area contributed by atoms with Crippen molar-refractivity contribution in [3.8, 4) is 0 Å². The molecule has 0 radical (unpaired) electrons. The average Bonchev–Trinajstić information content (AvgIpc) is 3.70. The Morgan fingerprint density at radius 2 is 1.79 bits per heavy atom. The van der Waals surface area contributed by atoms with Gasteiger partial charge in [-0.15, -0.1) is 0 Å². The number of allylic oxidation sites excluding steroid dienone is 10. The van der Waals surface area contributed by atoms with E-state index in [-0.39, 0.29) is 36.6 Å². The summed E-state index contributed by atoms with van der Waals surface area (Å²) < 4.78 is 4.94. The molecular weight excluding hydrogens is 532 g/mol. The van der Waals surface area contributed by atoms with E-state index in [1.807, 2.05) is 39.0 Å². The lowest BCUT2D eigenvalue weighted by Crippen LogP contribution is -2.16. The molecule has 1 fully saturated rings. The first kappa shape index (κ1) is 28.1. The first-order chi connectivity index (χ1) is 20.0. The van der Waals surface area contributed by atoms with Crippen molar-refractivity contribution in [3.63, 3.8) is 0 Å². The molecule has 0 aromatic heterocycles. The minimum atomic E-state index is -0.767. The third-order valence-corrected chi connectivity index (χ3v) is 9.21. The van der Waals surface area contributed by atoms with Crippen LogP contribution in [0.3, 0.4) is 0 Å². The van der Waals surface area contributed by atoms with Crippen LogP contribution >= 0.6 is 0 Å². The highest BCUT2D eigenvalue weighted by molar-refractivity contribution is 6.21. The molecule has 1 aliphatic carbocycles. The number of fused-ring (bicyclic) bond motifs is 5. The molecule has 0 amide bonds. The predicted molar refractivity (Wildman–Crippen MR) is 162 cm³/mol. The second-order valence-electron chi connectivity index (χ2n) is 11.6. The van der Waals surface area contributed by atoms with Crippen molar-refractivity contribution < 1.29 is 24.9 Å². The van der Waals surface area contributed by atoms with Gasteiger partial charge in [-0.25, -0.2) is 15.0 Å². The number of aliphatic hydroxyl groups excluding tert-OH is 3. The van der Waals surface area contributed by atoms with E-state index in [9.17, 15) is 20.1 Å². The van der Waals surface area contributed by atoms with E-state index in [2.05, 4.69) is 12.2 Å². The topological polar surface area (TPSA) is 136 Å². The standard InChI is InChI=1S/C33H36N4O5/c1-14-19(7-8-29(41)42-6)32-20-9-28(40)31-17(4)25(37-33(20)31)12-27-30(18(5)39)16(3)24(35-27)11-26-21(13-38)15(2)22(34-26)10-23(14)36-32/h10-12,14,18-19,36,38-40H,7-9,13H2,1-6H3/t14-,18?,19-/m0/s1. The van der Waals surface area contributed by atoms with Gasteiger partial charge >= 0.3 is 5.97 Å². The van der Waals surface area contributed by atoms with Crippen LogP contribution in [0.5, 0.6) is 0 Å². The second-order valence-corrected chi connectivity index (χ2v) is 11.6. The number of aliphatic imine (C=N–C) groups is 3. The van der Waals surface area contributed by atoms with Crippen molar-refractivity contribution in [2.45, 2.75) is 60.0 Å². The summed E-state index contributed by atoms with van der Waals surface area (Å²) >= 11 is 0. The molecule has 1 saturated heterocycles. The fourth-order valence-corrected chi connectivity index (χ4v) is 6.78. The number of methoxy groups -OCH3 is 1. The summed E-state index contributed by atoms with van der Waals surface area (Å²) in [4.78, 5) is 27.0. The molecule has 8 bridgehead atoms. The van der Waals surface area contributed by atoms with Gasteiger partial charge in [0.2, 0.25) is 0 Å². The maximum absolute atomic E-state index is 12.2. The van der Waals surface area contributed by atoms with Gasteiger partial charge in [-0.3, -0.25) is 4.79 Å². The molecule has 0 aromatic carbocycles. The molecule has 6 aliphatic rings. The number of ether oxygens (including phenoxy) is 1. The third kappa shape index (κ3) is 4.30. The van der Waals surface area contributed by atoms with Crippen LogP contribution in [0.25, 0.3) is 0 Å². The van der Waals surface area contributed by atoms with Crippen molar-refractivity contribution >= 4 is 23.1 Å². The smallest absolute Gasteiger partial charge is 0.305 e. The van der Waals surface area contributed by atoms with Crippen LogP contribution in [-0.4, -0.2) is 58.2 Å². The van der Waals surface area contributed by atoms with Crippen LogP contribution in [0, 0.1) is 11.8 Å². The Kier molecular flexibility index (Phi) is 6.90. The number of carbonyl (C=O) groups is 1. The minimum Gasteiger partial charge on any atom is -0.511 e. The molecule has 6 rings (SSSR count). The second kappa shape index (κ2) is 10.3. The Balaban J connectivity index is 1.60. The first-order valence-electron chi connectivity index (χ1n) is 14.4. The van der Waals surface area contributed by atoms with E-state index >= 15 is 0 Å². The summed E-state index contributed by atoms with van der Waals surface area (Å²) in [6, 6.07) is 0. The zero-order valence-electron chi connectivity index (χ0n) is 24.8. The third-order valence-electron chi connectivity index (χ3n) is 9.21. The van der Waals surface area contributed by atoms with Gasteiger partial charge < -0.3 is 25.4 Å². The Labute approximate surface area is 245 Å². The van der Waals surface area contributed by atoms with Gasteiger partial charge in [-0.1, -0.05) is 6.92 Å². The Bertz CT molecular complexity index is 1680. The minimum absolute atomic E-state index is 0.0250. The lowest BCUT2D eigenvalue weighted by molar-refractivity contribution is -0.140. The summed E-state index contributed by atoms with van der Waals surface area (Å²) in [6.07, 6.45) is 6.15. The van der Waals surface area contributed by atoms with E-state index in [0.717, 1.165) is 56.3 Å². The van der Waals surface area contributed by atoms with E-state index in [4.69, 9.17) is 19.7 Å². The lowest BCUT2D eigenvalue weighted by atomic mass is 9.86. The summed E-state index contributed by atoms with van der Waals surface area (Å²) in [5, 5.41) is 35.8. The number of nitrogens with zero attached hydrogens (tertiary/aromatic N) is 3. The van der Waals surface area contributed by atoms with Crippen LogP contribution < -0.4 is 5.32 Å². The van der Waals surface area contributed by atoms with Crippen LogP contribution in [0.4, 0.5) is 0 Å². The molecule has 0 spiro atoms. The molecule has 3 atom stereocenters. The largest absolute Gasteiger partial charge is 0.511 e. The zero-order valence-corrected chi connectivity index (χ0v) is 24.8. The summed E-state index contributed by atoms with van der Waals surface area (Å²) in [7, 11) is 1.40. The lowest BCUT2D eigenvalue weighted by Gasteiger charge is -2.17. The molecular formula is C33H36N4O5. The molecule has 4 N–H and O–H groups in total. The zero-order chi connectivity index (χ0) is 30.0. The van der Waals surface area contributed by atoms with Crippen LogP contribution in [0.1, 0.15) is 53.9 Å². The summed E-state index contributed by atoms with van der Waals surface area (Å²) in [6.45, 7) is 9.48. The Morgan fingerprint density at radius 1 is 1.07 bits per heavy atom. The normalized spacial score (nSPS) is 25.5. The molecule has 5 aliphatic heterocycles. The van der Waals surface area contributed by atoms with Gasteiger partial charge in [0.1, 0.15) is 5.76 Å². The van der Waals surface area contributed by atoms with Crippen LogP contribution in [-0.2, 0) is 9.53 Å². The van der Waals surface area contributed by atoms with Gasteiger partial charge in [0, 0.05) is 58.4 Å². The number of hydrogen-bond acceptors (Lipinski definition) is 9. The highest BCUT2D eigenvalue weighted by atomic mass is 16.5. The van der Waals surface area contributed by atoms with Crippen molar-refractivity contribution in [1.82, 2.24) is 5.32 Å². The number of hydrogen-bond donors (Lipinski definition) is 4. The first-order valence-corrected chi connectivity index (χ1v) is 14.4. The maximum atomic E-state index is 12.2. The number of rotatable bonds is 5. The van der Waals surface area contributed by atoms with E-state index in [0.29, 0.717) is 41.2 Å². The molecule has 0 aromatic rings. The van der Waals surface area contributed by atoms with E-state index in [1.165, 1.54) is 7.11 Å². The molecule has 218 valence electrons. The fraction of sp³-hybridized carbons (Fsp3) is 0.394. The van der Waals surface area contributed by atoms with Gasteiger partial charge in [-0.2, -0.15) is 0 Å². The van der Waals surface area contributed by atoms with Gasteiger partial charge in [0.25, 0.3) is 0 Å². The monoisotopic (exact) mass is 568 g/mol. The molecule has 9 heteroatoms. The maximum Gasteiger partial charge on any atom is 0.305 e. The molecule has 1 unspecified atom stereocenters. The van der Waals surface area contributed by atoms with Crippen LogP contribution in [0.15, 0.2) is 106 Å². The van der Waals surface area contributed by atoms with Gasteiger partial charge in [0.05, 0.1) is 54.0 Å². The van der Waals surface area contributed by atoms with Crippen molar-refractivity contribution in [1.29, 1.82) is 0 Å². The number of aliphatic hydroxyl groups is 3. The van der Waals surface area contributed by atoms with Crippen molar-refractivity contribution in [2.24, 2.45) is 26.8 Å².